The minimum atomic E-state index is -0.182. The van der Waals surface area contributed by atoms with Crippen LogP contribution in [0.5, 0.6) is 5.75 Å². The van der Waals surface area contributed by atoms with Crippen LogP contribution in [-0.4, -0.2) is 44.2 Å². The molecule has 0 aliphatic rings. The number of amides is 1. The van der Waals surface area contributed by atoms with E-state index < -0.39 is 0 Å². The first kappa shape index (κ1) is 19.9. The predicted molar refractivity (Wildman–Crippen MR) is 105 cm³/mol. The number of anilines is 1. The Kier molecular flexibility index (Phi) is 8.12. The van der Waals surface area contributed by atoms with Gasteiger partial charge in [0.2, 0.25) is 0 Å². The Hall–Kier alpha value is -2.37. The third-order valence-corrected chi connectivity index (χ3v) is 4.16. The zero-order valence-electron chi connectivity index (χ0n) is 15.8. The molecule has 26 heavy (non-hydrogen) atoms. The van der Waals surface area contributed by atoms with Gasteiger partial charge < -0.3 is 14.8 Å². The fourth-order valence-corrected chi connectivity index (χ4v) is 2.67. The molecule has 140 valence electrons. The lowest BCUT2D eigenvalue weighted by atomic mass is 10.1. The molecule has 0 spiro atoms. The fourth-order valence-electron chi connectivity index (χ4n) is 2.67. The molecule has 0 unspecified atom stereocenters. The number of nitrogens with zero attached hydrogens (tertiary/aromatic N) is 1. The molecule has 2 aromatic carbocycles. The van der Waals surface area contributed by atoms with E-state index in [0.717, 1.165) is 25.3 Å². The van der Waals surface area contributed by atoms with E-state index in [-0.39, 0.29) is 5.91 Å². The summed E-state index contributed by atoms with van der Waals surface area (Å²) in [4.78, 5) is 15.0. The molecule has 0 bridgehead atoms. The lowest BCUT2D eigenvalue weighted by Gasteiger charge is -2.18. The van der Waals surface area contributed by atoms with Gasteiger partial charge in [-0.25, -0.2) is 0 Å². The number of ether oxygens (including phenoxy) is 2. The number of nitrogens with one attached hydrogen (secondary N) is 1. The van der Waals surface area contributed by atoms with Crippen molar-refractivity contribution in [3.05, 3.63) is 59.7 Å². The van der Waals surface area contributed by atoms with Crippen LogP contribution in [0.1, 0.15) is 29.8 Å². The summed E-state index contributed by atoms with van der Waals surface area (Å²) in [7, 11) is 1.62. The number of benzene rings is 2. The predicted octanol–water partition coefficient (Wildman–Crippen LogP) is 3.81. The van der Waals surface area contributed by atoms with Crippen molar-refractivity contribution in [2.75, 3.05) is 38.7 Å². The summed E-state index contributed by atoms with van der Waals surface area (Å²) in [6, 6.07) is 15.2. The normalized spacial score (nSPS) is 10.8. The van der Waals surface area contributed by atoms with E-state index in [1.54, 1.807) is 19.2 Å². The Bertz CT molecular complexity index is 699. The van der Waals surface area contributed by atoms with E-state index >= 15 is 0 Å². The molecule has 2 aromatic rings. The van der Waals surface area contributed by atoms with E-state index in [9.17, 15) is 4.79 Å². The average molecular weight is 356 g/mol. The highest BCUT2D eigenvalue weighted by atomic mass is 16.5. The zero-order chi connectivity index (χ0) is 18.8. The minimum Gasteiger partial charge on any atom is -0.490 e. The van der Waals surface area contributed by atoms with Gasteiger partial charge in [-0.1, -0.05) is 38.1 Å². The van der Waals surface area contributed by atoms with Crippen LogP contribution in [0.2, 0.25) is 0 Å². The Morgan fingerprint density at radius 3 is 2.54 bits per heavy atom. The molecule has 5 nitrogen and oxygen atoms in total. The zero-order valence-corrected chi connectivity index (χ0v) is 15.8. The smallest absolute Gasteiger partial charge is 0.259 e. The summed E-state index contributed by atoms with van der Waals surface area (Å²) < 4.78 is 10.6. The van der Waals surface area contributed by atoms with Gasteiger partial charge in [0, 0.05) is 19.3 Å². The second-order valence-corrected chi connectivity index (χ2v) is 5.95. The Balaban J connectivity index is 2.08. The maximum atomic E-state index is 12.7. The highest BCUT2D eigenvalue weighted by molar-refractivity contribution is 6.06. The van der Waals surface area contributed by atoms with Crippen LogP contribution in [0.3, 0.4) is 0 Å². The van der Waals surface area contributed by atoms with Crippen molar-refractivity contribution in [2.45, 2.75) is 20.4 Å². The monoisotopic (exact) mass is 356 g/mol. The molecule has 5 heteroatoms. The number of hydrogen-bond donors (Lipinski definition) is 1. The van der Waals surface area contributed by atoms with Gasteiger partial charge in [0.15, 0.2) is 0 Å². The number of hydrogen-bond acceptors (Lipinski definition) is 4. The molecule has 1 N–H and O–H groups in total. The molecule has 0 saturated heterocycles. The highest BCUT2D eigenvalue weighted by Gasteiger charge is 2.13. The van der Waals surface area contributed by atoms with Gasteiger partial charge in [0.1, 0.15) is 12.4 Å². The number of methoxy groups -OCH3 is 1. The molecule has 0 aliphatic heterocycles. The number of rotatable bonds is 10. The molecule has 0 heterocycles. The fraction of sp³-hybridized carbons (Fsp3) is 0.381. The maximum absolute atomic E-state index is 12.7. The lowest BCUT2D eigenvalue weighted by molar-refractivity contribution is 0.101. The Labute approximate surface area is 155 Å². The SMILES string of the molecule is CCN(CC)Cc1cccc(NC(=O)c2ccccc2OCCOC)c1. The molecule has 0 aliphatic carbocycles. The molecule has 0 atom stereocenters. The van der Waals surface area contributed by atoms with Crippen molar-refractivity contribution in [2.24, 2.45) is 0 Å². The highest BCUT2D eigenvalue weighted by Crippen LogP contribution is 2.20. The van der Waals surface area contributed by atoms with Gasteiger partial charge in [0.25, 0.3) is 5.91 Å². The van der Waals surface area contributed by atoms with E-state index in [1.807, 2.05) is 30.3 Å². The van der Waals surface area contributed by atoms with E-state index in [4.69, 9.17) is 9.47 Å². The molecule has 0 saturated carbocycles. The van der Waals surface area contributed by atoms with Crippen LogP contribution in [0.15, 0.2) is 48.5 Å². The summed E-state index contributed by atoms with van der Waals surface area (Å²) in [5, 5.41) is 2.97. The van der Waals surface area contributed by atoms with Gasteiger partial charge in [-0.3, -0.25) is 9.69 Å². The molecular formula is C21H28N2O3. The van der Waals surface area contributed by atoms with Crippen LogP contribution in [-0.2, 0) is 11.3 Å². The van der Waals surface area contributed by atoms with Crippen LogP contribution < -0.4 is 10.1 Å². The summed E-state index contributed by atoms with van der Waals surface area (Å²) in [6.07, 6.45) is 0. The summed E-state index contributed by atoms with van der Waals surface area (Å²) in [5.74, 6) is 0.374. The molecule has 2 rings (SSSR count). The van der Waals surface area contributed by atoms with Gasteiger partial charge >= 0.3 is 0 Å². The van der Waals surface area contributed by atoms with Crippen LogP contribution in [0.25, 0.3) is 0 Å². The molecule has 1 amide bonds. The Morgan fingerprint density at radius 1 is 1.04 bits per heavy atom. The number of carbonyl (C=O) groups is 1. The summed E-state index contributed by atoms with van der Waals surface area (Å²) >= 11 is 0. The summed E-state index contributed by atoms with van der Waals surface area (Å²) in [6.45, 7) is 8.04. The quantitative estimate of drug-likeness (QED) is 0.658. The maximum Gasteiger partial charge on any atom is 0.259 e. The van der Waals surface area contributed by atoms with Crippen LogP contribution >= 0.6 is 0 Å². The van der Waals surface area contributed by atoms with Gasteiger partial charge in [0.05, 0.1) is 12.2 Å². The van der Waals surface area contributed by atoms with E-state index in [1.165, 1.54) is 5.56 Å². The lowest BCUT2D eigenvalue weighted by Crippen LogP contribution is -2.22. The molecule has 0 fully saturated rings. The van der Waals surface area contributed by atoms with Crippen molar-refractivity contribution in [1.82, 2.24) is 4.90 Å². The van der Waals surface area contributed by atoms with Crippen LogP contribution in [0.4, 0.5) is 5.69 Å². The topological polar surface area (TPSA) is 50.8 Å². The average Bonchev–Trinajstić information content (AvgIpc) is 2.67. The minimum absolute atomic E-state index is 0.182. The van der Waals surface area contributed by atoms with E-state index in [2.05, 4.69) is 30.1 Å². The molecule has 0 aromatic heterocycles. The van der Waals surface area contributed by atoms with Crippen molar-refractivity contribution in [1.29, 1.82) is 0 Å². The second-order valence-electron chi connectivity index (χ2n) is 5.95. The van der Waals surface area contributed by atoms with Crippen molar-refractivity contribution < 1.29 is 14.3 Å². The number of carbonyl (C=O) groups excluding carboxylic acids is 1. The number of para-hydroxylation sites is 1. The third kappa shape index (κ3) is 5.86. The standard InChI is InChI=1S/C21H28N2O3/c1-4-23(5-2)16-17-9-8-10-18(15-17)22-21(24)19-11-6-7-12-20(19)26-14-13-25-3/h6-12,15H,4-5,13-14,16H2,1-3H3,(H,22,24). The van der Waals surface area contributed by atoms with Crippen molar-refractivity contribution in [3.8, 4) is 5.75 Å². The van der Waals surface area contributed by atoms with Crippen molar-refractivity contribution in [3.63, 3.8) is 0 Å². The molecular weight excluding hydrogens is 328 g/mol. The first-order valence-corrected chi connectivity index (χ1v) is 9.01. The van der Waals surface area contributed by atoms with E-state index in [0.29, 0.717) is 24.5 Å². The largest absolute Gasteiger partial charge is 0.490 e. The second kappa shape index (κ2) is 10.6. The van der Waals surface area contributed by atoms with Gasteiger partial charge in [-0.15, -0.1) is 0 Å². The van der Waals surface area contributed by atoms with Gasteiger partial charge in [-0.2, -0.15) is 0 Å². The van der Waals surface area contributed by atoms with Gasteiger partial charge in [-0.05, 0) is 42.9 Å². The third-order valence-electron chi connectivity index (χ3n) is 4.16. The Morgan fingerprint density at radius 2 is 1.81 bits per heavy atom. The van der Waals surface area contributed by atoms with Crippen molar-refractivity contribution >= 4 is 11.6 Å². The first-order valence-electron chi connectivity index (χ1n) is 9.01. The van der Waals surface area contributed by atoms with Crippen LogP contribution in [0, 0.1) is 0 Å². The first-order chi connectivity index (χ1) is 12.7. The molecule has 0 radical (unpaired) electrons. The summed E-state index contributed by atoms with van der Waals surface area (Å²) in [5.41, 5.74) is 2.47.